The average Bonchev–Trinajstić information content (AvgIpc) is 2.71. The molecule has 0 rings (SSSR count). The molecule has 0 amide bonds. The molecule has 0 aromatic heterocycles. The molecule has 0 aliphatic rings. The fraction of sp³-hybridized carbons (Fsp3) is 0. The van der Waals surface area contributed by atoms with Crippen LogP contribution in [0.3, 0.4) is 0 Å². The minimum absolute atomic E-state index is 0. The molecule has 0 aliphatic carbocycles. The van der Waals surface area contributed by atoms with E-state index in [1.165, 1.54) is 0 Å². The summed E-state index contributed by atoms with van der Waals surface area (Å²) in [6, 6.07) is 0. The van der Waals surface area contributed by atoms with Gasteiger partial charge in [-0.05, 0) is 0 Å². The Balaban J connectivity index is -0.00000000500. The van der Waals surface area contributed by atoms with E-state index in [1.807, 2.05) is 0 Å². The molecule has 0 bridgehead atoms. The Labute approximate surface area is 153 Å². The molecule has 2 radical (unpaired) electrons. The summed E-state index contributed by atoms with van der Waals surface area (Å²) in [5, 5.41) is 0. The average molecular weight is 653 g/mol. The Hall–Kier alpha value is -1.28. The summed E-state index contributed by atoms with van der Waals surface area (Å²) in [5.74, 6) is 0. The van der Waals surface area contributed by atoms with Crippen LogP contribution in [0.15, 0.2) is 0 Å². The molecule has 114 valence electrons. The molecule has 0 aliphatic heterocycles. The molecular weight excluding hydrogens is 653 g/mol. The molecule has 0 atom stereocenters. The molecule has 0 N–H and O–H groups in total. The molecule has 0 saturated carbocycles. The predicted molar refractivity (Wildman–Crippen MR) is 39.3 cm³/mol. The van der Waals surface area contributed by atoms with Crippen molar-refractivity contribution in [1.82, 2.24) is 0 Å². The number of hydrogen-bond acceptors (Lipinski definition) is 0. The molecule has 22 heavy (non-hydrogen) atoms. The van der Waals surface area contributed by atoms with Crippen LogP contribution in [0.4, 0.5) is 0 Å². The first-order valence-electron chi connectivity index (χ1n) is 2.04. The quantitative estimate of drug-likeness (QED) is 0.243. The third kappa shape index (κ3) is 3620. The summed E-state index contributed by atoms with van der Waals surface area (Å²) in [4.78, 5) is 0. The van der Waals surface area contributed by atoms with Crippen LogP contribution >= 0.6 is 0 Å². The smallest absolute Gasteiger partial charge is 0 e. The van der Waals surface area contributed by atoms with Crippen LogP contribution in [0.25, 0.3) is 0 Å². The van der Waals surface area contributed by atoms with Crippen LogP contribution in [0.5, 0.6) is 0 Å². The van der Waals surface area contributed by atoms with Gasteiger partial charge >= 0.3 is 113 Å². The van der Waals surface area contributed by atoms with Crippen LogP contribution in [-0.4, -0.2) is 0 Å². The van der Waals surface area contributed by atoms with Gasteiger partial charge in [-0.2, -0.15) is 0 Å². The van der Waals surface area contributed by atoms with Gasteiger partial charge in [0.05, 0.1) is 0 Å². The summed E-state index contributed by atoms with van der Waals surface area (Å²) in [5.41, 5.74) is 0. The van der Waals surface area contributed by atoms with E-state index >= 15 is 0 Å². The molecule has 0 unspecified atom stereocenters. The maximum absolute atomic E-state index is 7.50. The van der Waals surface area contributed by atoms with Crippen molar-refractivity contribution >= 4 is 0 Å². The van der Waals surface area contributed by atoms with Crippen LogP contribution in [0, 0.1) is 66.5 Å². The SMILES string of the molecule is [C-]#[O+].[C-]#[O+].[C-]#[O+].[C-]#[O+].[C-]#[O+].[C-]#[O+].[C-]#[O+].[C-]#[O+].[C-]#[O+].[C-]#[O+].[Re].[Re]. The second-order valence-electron chi connectivity index (χ2n) is 0. The van der Waals surface area contributed by atoms with Crippen molar-refractivity contribution in [3.05, 3.63) is 66.5 Å². The van der Waals surface area contributed by atoms with Gasteiger partial charge in [0.25, 0.3) is 0 Å². The third-order valence-corrected chi connectivity index (χ3v) is 0. The standard InChI is InChI=1S/10CO.2Re/c10*1-2;;. The van der Waals surface area contributed by atoms with Crippen molar-refractivity contribution in [3.8, 4) is 0 Å². The fourth-order valence-electron chi connectivity index (χ4n) is 0. The number of rotatable bonds is 0. The molecule has 0 heterocycles. The first-order valence-corrected chi connectivity index (χ1v) is 2.04. The molecule has 0 aromatic carbocycles. The minimum Gasteiger partial charge on any atom is 0 e. The van der Waals surface area contributed by atoms with Crippen molar-refractivity contribution in [3.63, 3.8) is 0 Å². The first-order chi connectivity index (χ1) is 10.0. The van der Waals surface area contributed by atoms with E-state index in [-0.39, 0.29) is 40.8 Å². The van der Waals surface area contributed by atoms with Gasteiger partial charge < -0.3 is 0 Å². The summed E-state index contributed by atoms with van der Waals surface area (Å²) < 4.78 is 75.0. The van der Waals surface area contributed by atoms with E-state index in [0.717, 1.165) is 0 Å². The van der Waals surface area contributed by atoms with Gasteiger partial charge in [0.15, 0.2) is 0 Å². The molecule has 0 aromatic rings. The first kappa shape index (κ1) is 106. The van der Waals surface area contributed by atoms with Gasteiger partial charge in [-0.1, -0.05) is 0 Å². The Morgan fingerprint density at radius 2 is 0.182 bits per heavy atom. The predicted octanol–water partition coefficient (Wildman–Crippen LogP) is -0.380. The van der Waals surface area contributed by atoms with Crippen molar-refractivity contribution < 1.29 is 87.4 Å². The molecule has 12 heteroatoms. The Bertz CT molecular complexity index is 177. The topological polar surface area (TPSA) is 199 Å². The number of hydrogen-bond donors (Lipinski definition) is 0. The largest absolute Gasteiger partial charge is 0 e. The zero-order valence-electron chi connectivity index (χ0n) is 9.84. The Morgan fingerprint density at radius 3 is 0.182 bits per heavy atom. The molecule has 0 saturated heterocycles. The zero-order chi connectivity index (χ0) is 20.0. The van der Waals surface area contributed by atoms with Crippen molar-refractivity contribution in [2.24, 2.45) is 0 Å². The molecule has 0 spiro atoms. The van der Waals surface area contributed by atoms with Gasteiger partial charge in [0, 0.05) is 40.8 Å². The van der Waals surface area contributed by atoms with Crippen molar-refractivity contribution in [2.75, 3.05) is 0 Å². The summed E-state index contributed by atoms with van der Waals surface area (Å²) >= 11 is 0. The van der Waals surface area contributed by atoms with Gasteiger partial charge in [0.1, 0.15) is 0 Å². The van der Waals surface area contributed by atoms with E-state index in [0.29, 0.717) is 0 Å². The second kappa shape index (κ2) is 4250. The third-order valence-electron chi connectivity index (χ3n) is 0. The Morgan fingerprint density at radius 1 is 0.182 bits per heavy atom. The van der Waals surface area contributed by atoms with Gasteiger partial charge in [-0.15, -0.1) is 0 Å². The van der Waals surface area contributed by atoms with Crippen molar-refractivity contribution in [1.29, 1.82) is 0 Å². The maximum Gasteiger partial charge on any atom is 0 e. The van der Waals surface area contributed by atoms with Crippen LogP contribution < -0.4 is 0 Å². The summed E-state index contributed by atoms with van der Waals surface area (Å²) in [7, 11) is 0. The summed E-state index contributed by atoms with van der Waals surface area (Å²) in [6.45, 7) is 45.0. The van der Waals surface area contributed by atoms with E-state index in [1.54, 1.807) is 0 Å². The minimum atomic E-state index is 0. The fourth-order valence-corrected chi connectivity index (χ4v) is 0. The monoisotopic (exact) mass is 654 g/mol. The maximum atomic E-state index is 7.50. The van der Waals surface area contributed by atoms with E-state index in [4.69, 9.17) is 46.5 Å². The van der Waals surface area contributed by atoms with Gasteiger partial charge in [0.2, 0.25) is 0 Å². The van der Waals surface area contributed by atoms with Crippen molar-refractivity contribution in [2.45, 2.75) is 0 Å². The Kier molecular flexibility index (Phi) is 20500. The second-order valence-corrected chi connectivity index (χ2v) is 0. The van der Waals surface area contributed by atoms with Crippen LogP contribution in [0.2, 0.25) is 0 Å². The molecule has 0 fully saturated rings. The zero-order valence-corrected chi connectivity index (χ0v) is 15.3. The van der Waals surface area contributed by atoms with Gasteiger partial charge in [-0.25, -0.2) is 0 Å². The van der Waals surface area contributed by atoms with Crippen LogP contribution in [0.1, 0.15) is 0 Å². The molecule has 10 nitrogen and oxygen atoms in total. The van der Waals surface area contributed by atoms with E-state index in [9.17, 15) is 0 Å². The van der Waals surface area contributed by atoms with E-state index < -0.39 is 0 Å². The summed E-state index contributed by atoms with van der Waals surface area (Å²) in [6.07, 6.45) is 0. The van der Waals surface area contributed by atoms with E-state index in [2.05, 4.69) is 66.5 Å². The van der Waals surface area contributed by atoms with Gasteiger partial charge in [-0.3, -0.25) is 0 Å². The molecular formula is C10O10Re2. The van der Waals surface area contributed by atoms with Crippen LogP contribution in [-0.2, 0) is 87.4 Å². The normalized spacial score (nSPS) is 0.909.